The lowest BCUT2D eigenvalue weighted by Gasteiger charge is -2.08. The third-order valence-corrected chi connectivity index (χ3v) is 1.88. The van der Waals surface area contributed by atoms with Crippen LogP contribution in [0.15, 0.2) is 24.3 Å². The van der Waals surface area contributed by atoms with Gasteiger partial charge in [0.05, 0.1) is 0 Å². The minimum Gasteiger partial charge on any atom is -0.755 e. The Bertz CT molecular complexity index is 357. The molecule has 4 N–H and O–H groups in total. The van der Waals surface area contributed by atoms with Crippen molar-refractivity contribution in [3.05, 3.63) is 29.8 Å². The number of amides is 1. The highest BCUT2D eigenvalue weighted by atomic mass is 35.5. The quantitative estimate of drug-likeness (QED) is 0.302. The minimum absolute atomic E-state index is 0. The number of carbonyl (C=O) groups is 1. The summed E-state index contributed by atoms with van der Waals surface area (Å²) >= 11 is -2.36. The number of hydrazine groups is 1. The van der Waals surface area contributed by atoms with Crippen LogP contribution in [0.3, 0.4) is 0 Å². The molecular weight excluding hydrogens is 242 g/mol. The fourth-order valence-corrected chi connectivity index (χ4v) is 1.20. The van der Waals surface area contributed by atoms with Crippen molar-refractivity contribution >= 4 is 35.3 Å². The van der Waals surface area contributed by atoms with Crippen molar-refractivity contribution < 1.29 is 13.6 Å². The molecule has 84 valence electrons. The fourth-order valence-electron chi connectivity index (χ4n) is 0.869. The Hall–Kier alpha value is -1.15. The van der Waals surface area contributed by atoms with Crippen LogP contribution in [0.4, 0.5) is 5.69 Å². The molecule has 0 bridgehead atoms. The van der Waals surface area contributed by atoms with Crippen LogP contribution in [0.2, 0.25) is 0 Å². The maximum atomic E-state index is 11.0. The maximum Gasteiger partial charge on any atom is 0.265 e. The van der Waals surface area contributed by atoms with Crippen molar-refractivity contribution in [2.24, 2.45) is 5.84 Å². The van der Waals surface area contributed by atoms with Gasteiger partial charge in [0, 0.05) is 22.5 Å². The highest BCUT2D eigenvalue weighted by molar-refractivity contribution is 7.80. The first kappa shape index (κ1) is 13.8. The zero-order valence-corrected chi connectivity index (χ0v) is 9.06. The minimum atomic E-state index is -2.36. The molecule has 1 atom stereocenters. The van der Waals surface area contributed by atoms with E-state index in [4.69, 9.17) is 5.84 Å². The fraction of sp³-hybridized carbons (Fsp3) is 0. The van der Waals surface area contributed by atoms with Gasteiger partial charge in [0.2, 0.25) is 0 Å². The van der Waals surface area contributed by atoms with Crippen molar-refractivity contribution in [1.29, 1.82) is 0 Å². The number of anilines is 1. The molecule has 0 radical (unpaired) electrons. The Morgan fingerprint density at radius 3 is 2.27 bits per heavy atom. The second kappa shape index (κ2) is 6.36. The summed E-state index contributed by atoms with van der Waals surface area (Å²) in [5, 5.41) is 0. The second-order valence-corrected chi connectivity index (χ2v) is 3.06. The van der Waals surface area contributed by atoms with Gasteiger partial charge in [-0.3, -0.25) is 14.4 Å². The first-order valence-electron chi connectivity index (χ1n) is 3.60. The Balaban J connectivity index is 0.00000196. The number of nitrogen functional groups attached to an aromatic ring is 1. The zero-order chi connectivity index (χ0) is 10.6. The number of nitrogens with one attached hydrogen (secondary N) is 2. The van der Waals surface area contributed by atoms with E-state index in [0.717, 1.165) is 0 Å². The molecule has 0 spiro atoms. The summed E-state index contributed by atoms with van der Waals surface area (Å²) in [4.78, 5) is 11.0. The van der Waals surface area contributed by atoms with Crippen LogP contribution in [-0.4, -0.2) is 14.7 Å². The van der Waals surface area contributed by atoms with Crippen molar-refractivity contribution in [3.63, 3.8) is 0 Å². The van der Waals surface area contributed by atoms with Gasteiger partial charge in [-0.15, -0.1) is 12.4 Å². The maximum absolute atomic E-state index is 11.0. The van der Waals surface area contributed by atoms with Crippen LogP contribution in [0.25, 0.3) is 0 Å². The topological polar surface area (TPSA) is 107 Å². The standard InChI is InChI=1S/C7H9N3O3S.ClH/c8-9-7(11)5-1-3-6(4-2-5)10-14(12)13;/h1-4,10H,8H2,(H,9,11)(H,12,13);1H/p-1. The first-order valence-corrected chi connectivity index (χ1v) is 4.68. The van der Waals surface area contributed by atoms with Gasteiger partial charge in [0.25, 0.3) is 5.91 Å². The van der Waals surface area contributed by atoms with E-state index in [1.165, 1.54) is 24.3 Å². The van der Waals surface area contributed by atoms with Gasteiger partial charge in [-0.25, -0.2) is 5.84 Å². The van der Waals surface area contributed by atoms with E-state index < -0.39 is 17.2 Å². The van der Waals surface area contributed by atoms with E-state index in [0.29, 0.717) is 11.3 Å². The van der Waals surface area contributed by atoms with Crippen molar-refractivity contribution in [3.8, 4) is 0 Å². The van der Waals surface area contributed by atoms with Gasteiger partial charge in [0.1, 0.15) is 0 Å². The lowest BCUT2D eigenvalue weighted by molar-refractivity contribution is 0.0953. The molecule has 0 aliphatic carbocycles. The third kappa shape index (κ3) is 4.26. The number of hydrogen-bond donors (Lipinski definition) is 3. The van der Waals surface area contributed by atoms with Gasteiger partial charge < -0.3 is 9.27 Å². The zero-order valence-electron chi connectivity index (χ0n) is 7.43. The van der Waals surface area contributed by atoms with E-state index >= 15 is 0 Å². The Morgan fingerprint density at radius 2 is 1.87 bits per heavy atom. The van der Waals surface area contributed by atoms with Crippen LogP contribution < -0.4 is 16.0 Å². The van der Waals surface area contributed by atoms with E-state index in [9.17, 15) is 13.6 Å². The van der Waals surface area contributed by atoms with Crippen LogP contribution >= 0.6 is 12.4 Å². The molecule has 15 heavy (non-hydrogen) atoms. The summed E-state index contributed by atoms with van der Waals surface area (Å²) in [6.45, 7) is 0. The van der Waals surface area contributed by atoms with E-state index in [1.807, 2.05) is 5.43 Å². The summed E-state index contributed by atoms with van der Waals surface area (Å²) in [6, 6.07) is 5.83. The normalized spacial score (nSPS) is 11.1. The highest BCUT2D eigenvalue weighted by Gasteiger charge is 2.01. The molecule has 1 amide bonds. The summed E-state index contributed by atoms with van der Waals surface area (Å²) in [5.74, 6) is 4.48. The number of nitrogens with two attached hydrogens (primary N) is 1. The number of benzene rings is 1. The molecule has 1 unspecified atom stereocenters. The molecular formula is C7H9ClN3O3S-. The number of carbonyl (C=O) groups excluding carboxylic acids is 1. The predicted molar refractivity (Wildman–Crippen MR) is 57.9 cm³/mol. The van der Waals surface area contributed by atoms with Gasteiger partial charge >= 0.3 is 0 Å². The smallest absolute Gasteiger partial charge is 0.265 e. The first-order chi connectivity index (χ1) is 6.63. The third-order valence-electron chi connectivity index (χ3n) is 1.48. The molecule has 0 saturated carbocycles. The van der Waals surface area contributed by atoms with Gasteiger partial charge in [0.15, 0.2) is 0 Å². The molecule has 0 aromatic heterocycles. The summed E-state index contributed by atoms with van der Waals surface area (Å²) < 4.78 is 22.6. The molecule has 0 aliphatic heterocycles. The molecule has 1 aromatic carbocycles. The van der Waals surface area contributed by atoms with Gasteiger partial charge in [-0.2, -0.15) is 0 Å². The molecule has 0 saturated heterocycles. The predicted octanol–water partition coefficient (Wildman–Crippen LogP) is -0.0821. The summed E-state index contributed by atoms with van der Waals surface area (Å²) in [7, 11) is 0. The van der Waals surface area contributed by atoms with Crippen LogP contribution in [0, 0.1) is 0 Å². The average Bonchev–Trinajstić information content (AvgIpc) is 2.17. The Labute approximate surface area is 95.0 Å². The largest absolute Gasteiger partial charge is 0.755 e. The lowest BCUT2D eigenvalue weighted by Crippen LogP contribution is -2.29. The molecule has 8 heteroatoms. The molecule has 1 aromatic rings. The Morgan fingerprint density at radius 1 is 1.33 bits per heavy atom. The summed E-state index contributed by atoms with van der Waals surface area (Å²) in [5.41, 5.74) is 2.70. The van der Waals surface area contributed by atoms with Gasteiger partial charge in [-0.1, -0.05) is 0 Å². The molecule has 0 heterocycles. The number of hydrogen-bond acceptors (Lipinski definition) is 4. The second-order valence-electron chi connectivity index (χ2n) is 2.39. The van der Waals surface area contributed by atoms with Crippen molar-refractivity contribution in [2.45, 2.75) is 0 Å². The SMILES string of the molecule is Cl.NNC(=O)c1ccc(NS(=O)[O-])cc1. The van der Waals surface area contributed by atoms with Crippen LogP contribution in [0.1, 0.15) is 10.4 Å². The van der Waals surface area contributed by atoms with Gasteiger partial charge in [-0.05, 0) is 24.3 Å². The molecule has 1 rings (SSSR count). The Kier molecular flexibility index (Phi) is 5.87. The number of halogens is 1. The molecule has 6 nitrogen and oxygen atoms in total. The van der Waals surface area contributed by atoms with Crippen LogP contribution in [0.5, 0.6) is 0 Å². The summed E-state index contributed by atoms with van der Waals surface area (Å²) in [6.07, 6.45) is 0. The number of rotatable bonds is 3. The van der Waals surface area contributed by atoms with E-state index in [1.54, 1.807) is 0 Å². The lowest BCUT2D eigenvalue weighted by atomic mass is 10.2. The van der Waals surface area contributed by atoms with Crippen LogP contribution in [-0.2, 0) is 11.3 Å². The average molecular weight is 251 g/mol. The highest BCUT2D eigenvalue weighted by Crippen LogP contribution is 2.09. The van der Waals surface area contributed by atoms with Crippen molar-refractivity contribution in [1.82, 2.24) is 5.43 Å². The molecule has 0 aliphatic rings. The van der Waals surface area contributed by atoms with E-state index in [2.05, 4.69) is 4.72 Å². The monoisotopic (exact) mass is 250 g/mol. The molecule has 0 fully saturated rings. The van der Waals surface area contributed by atoms with Crippen molar-refractivity contribution in [2.75, 3.05) is 4.72 Å². The van der Waals surface area contributed by atoms with E-state index in [-0.39, 0.29) is 12.4 Å².